The van der Waals surface area contributed by atoms with E-state index in [0.29, 0.717) is 5.56 Å². The SMILES string of the molecule is N#Cc1ccc2cc(O)c(C#N)cc2c1.[Na]. The first-order valence-electron chi connectivity index (χ1n) is 4.31. The summed E-state index contributed by atoms with van der Waals surface area (Å²) in [5.74, 6) is -0.0327. The minimum atomic E-state index is -0.0327. The van der Waals surface area contributed by atoms with Crippen molar-refractivity contribution >= 4 is 40.3 Å². The minimum Gasteiger partial charge on any atom is -0.507 e. The van der Waals surface area contributed by atoms with Crippen molar-refractivity contribution in [2.75, 3.05) is 0 Å². The third kappa shape index (κ3) is 2.18. The average molecular weight is 217 g/mol. The number of nitriles is 2. The predicted molar refractivity (Wildman–Crippen MR) is 60.8 cm³/mol. The molecule has 71 valence electrons. The number of phenols is 1. The second-order valence-electron chi connectivity index (χ2n) is 3.15. The Labute approximate surface area is 115 Å². The predicted octanol–water partition coefficient (Wildman–Crippen LogP) is 1.91. The van der Waals surface area contributed by atoms with Gasteiger partial charge in [0, 0.05) is 29.6 Å². The Balaban J connectivity index is 0.00000128. The summed E-state index contributed by atoms with van der Waals surface area (Å²) in [6.45, 7) is 0. The fourth-order valence-corrected chi connectivity index (χ4v) is 1.44. The molecule has 2 aromatic carbocycles. The molecule has 0 bridgehead atoms. The molecule has 2 rings (SSSR count). The number of rotatable bonds is 0. The van der Waals surface area contributed by atoms with E-state index in [2.05, 4.69) is 0 Å². The van der Waals surface area contributed by atoms with Gasteiger partial charge in [-0.15, -0.1) is 0 Å². The van der Waals surface area contributed by atoms with Gasteiger partial charge in [0.25, 0.3) is 0 Å². The summed E-state index contributed by atoms with van der Waals surface area (Å²) in [4.78, 5) is 0. The molecule has 0 aromatic heterocycles. The molecule has 0 saturated carbocycles. The Morgan fingerprint density at radius 3 is 2.31 bits per heavy atom. The quantitative estimate of drug-likeness (QED) is 0.685. The van der Waals surface area contributed by atoms with Crippen LogP contribution in [0.25, 0.3) is 10.8 Å². The van der Waals surface area contributed by atoms with E-state index in [-0.39, 0.29) is 40.9 Å². The molecular weight excluding hydrogens is 211 g/mol. The first-order valence-corrected chi connectivity index (χ1v) is 4.31. The number of phenolic OH excluding ortho intramolecular Hbond substituents is 1. The number of fused-ring (bicyclic) bond motifs is 1. The molecule has 2 aromatic rings. The van der Waals surface area contributed by atoms with Gasteiger partial charge in [0.1, 0.15) is 11.8 Å². The van der Waals surface area contributed by atoms with Crippen LogP contribution in [0.3, 0.4) is 0 Å². The van der Waals surface area contributed by atoms with E-state index < -0.39 is 0 Å². The number of aromatic hydroxyl groups is 1. The van der Waals surface area contributed by atoms with Crippen molar-refractivity contribution in [1.82, 2.24) is 0 Å². The summed E-state index contributed by atoms with van der Waals surface area (Å²) in [6.07, 6.45) is 0. The van der Waals surface area contributed by atoms with E-state index in [1.54, 1.807) is 24.3 Å². The molecule has 1 N–H and O–H groups in total. The van der Waals surface area contributed by atoms with E-state index in [4.69, 9.17) is 10.5 Å². The van der Waals surface area contributed by atoms with Crippen LogP contribution in [0.1, 0.15) is 11.1 Å². The van der Waals surface area contributed by atoms with Gasteiger partial charge in [-0.2, -0.15) is 10.5 Å². The van der Waals surface area contributed by atoms with Crippen molar-refractivity contribution in [2.45, 2.75) is 0 Å². The van der Waals surface area contributed by atoms with Gasteiger partial charge in [0.2, 0.25) is 0 Å². The van der Waals surface area contributed by atoms with Crippen molar-refractivity contribution < 1.29 is 5.11 Å². The largest absolute Gasteiger partial charge is 0.507 e. The van der Waals surface area contributed by atoms with Crippen LogP contribution < -0.4 is 0 Å². The topological polar surface area (TPSA) is 67.8 Å². The summed E-state index contributed by atoms with van der Waals surface area (Å²) in [5, 5.41) is 28.5. The molecular formula is C12H6N2NaO. The van der Waals surface area contributed by atoms with E-state index in [1.165, 1.54) is 6.07 Å². The molecule has 0 aliphatic heterocycles. The molecule has 0 amide bonds. The summed E-state index contributed by atoms with van der Waals surface area (Å²) < 4.78 is 0. The van der Waals surface area contributed by atoms with Crippen molar-refractivity contribution in [2.24, 2.45) is 0 Å². The Kier molecular flexibility index (Phi) is 3.93. The summed E-state index contributed by atoms with van der Waals surface area (Å²) in [7, 11) is 0. The number of nitrogens with zero attached hydrogens (tertiary/aromatic N) is 2. The normalized spacial score (nSPS) is 8.88. The third-order valence-electron chi connectivity index (χ3n) is 2.20. The third-order valence-corrected chi connectivity index (χ3v) is 2.20. The second kappa shape index (κ2) is 5.01. The van der Waals surface area contributed by atoms with Crippen molar-refractivity contribution in [3.05, 3.63) is 41.5 Å². The maximum absolute atomic E-state index is 9.45. The van der Waals surface area contributed by atoms with E-state index in [0.717, 1.165) is 10.8 Å². The zero-order valence-corrected chi connectivity index (χ0v) is 10.7. The molecule has 1 radical (unpaired) electrons. The van der Waals surface area contributed by atoms with E-state index >= 15 is 0 Å². The maximum atomic E-state index is 9.45. The molecule has 0 spiro atoms. The van der Waals surface area contributed by atoms with Gasteiger partial charge >= 0.3 is 0 Å². The Morgan fingerprint density at radius 1 is 0.938 bits per heavy atom. The van der Waals surface area contributed by atoms with Crippen LogP contribution >= 0.6 is 0 Å². The van der Waals surface area contributed by atoms with Crippen LogP contribution in [0.2, 0.25) is 0 Å². The zero-order chi connectivity index (χ0) is 10.8. The maximum Gasteiger partial charge on any atom is 0.133 e. The van der Waals surface area contributed by atoms with Gasteiger partial charge in [-0.3, -0.25) is 0 Å². The number of benzene rings is 2. The van der Waals surface area contributed by atoms with E-state index in [1.807, 2.05) is 12.1 Å². The first-order chi connectivity index (χ1) is 7.24. The molecule has 0 atom stereocenters. The van der Waals surface area contributed by atoms with Gasteiger partial charge in [-0.05, 0) is 35.0 Å². The van der Waals surface area contributed by atoms with Gasteiger partial charge in [0.05, 0.1) is 17.2 Å². The molecule has 0 heterocycles. The van der Waals surface area contributed by atoms with Gasteiger partial charge in [-0.1, -0.05) is 6.07 Å². The molecule has 0 fully saturated rings. The van der Waals surface area contributed by atoms with Crippen LogP contribution in [0, 0.1) is 22.7 Å². The Hall–Kier alpha value is -1.52. The smallest absolute Gasteiger partial charge is 0.133 e. The molecule has 0 unspecified atom stereocenters. The fraction of sp³-hybridized carbons (Fsp3) is 0. The zero-order valence-electron chi connectivity index (χ0n) is 8.73. The van der Waals surface area contributed by atoms with Gasteiger partial charge in [0.15, 0.2) is 0 Å². The van der Waals surface area contributed by atoms with Crippen LogP contribution in [0.4, 0.5) is 0 Å². The molecule has 16 heavy (non-hydrogen) atoms. The number of hydrogen-bond donors (Lipinski definition) is 1. The van der Waals surface area contributed by atoms with Crippen LogP contribution in [0.5, 0.6) is 5.75 Å². The molecule has 0 aliphatic carbocycles. The summed E-state index contributed by atoms with van der Waals surface area (Å²) in [6, 6.07) is 12.1. The van der Waals surface area contributed by atoms with Crippen LogP contribution in [0.15, 0.2) is 30.3 Å². The van der Waals surface area contributed by atoms with E-state index in [9.17, 15) is 5.11 Å². The monoisotopic (exact) mass is 217 g/mol. The van der Waals surface area contributed by atoms with Crippen molar-refractivity contribution in [3.8, 4) is 17.9 Å². The minimum absolute atomic E-state index is 0. The Morgan fingerprint density at radius 2 is 1.69 bits per heavy atom. The molecule has 3 nitrogen and oxygen atoms in total. The second-order valence-corrected chi connectivity index (χ2v) is 3.15. The average Bonchev–Trinajstić information content (AvgIpc) is 2.27. The fourth-order valence-electron chi connectivity index (χ4n) is 1.44. The van der Waals surface area contributed by atoms with Crippen LogP contribution in [-0.2, 0) is 0 Å². The van der Waals surface area contributed by atoms with Gasteiger partial charge in [-0.25, -0.2) is 0 Å². The molecule has 4 heteroatoms. The first kappa shape index (κ1) is 12.5. The molecule has 0 aliphatic rings. The summed E-state index contributed by atoms with van der Waals surface area (Å²) >= 11 is 0. The van der Waals surface area contributed by atoms with Gasteiger partial charge < -0.3 is 5.11 Å². The standard InChI is InChI=1S/C12H6N2O.Na/c13-6-8-1-2-9-5-12(15)11(7-14)4-10(9)3-8;/h1-5,15H;. The Bertz CT molecular complexity index is 623. The van der Waals surface area contributed by atoms with Crippen LogP contribution in [-0.4, -0.2) is 34.7 Å². The molecule has 0 saturated heterocycles. The van der Waals surface area contributed by atoms with Crippen molar-refractivity contribution in [3.63, 3.8) is 0 Å². The number of hydrogen-bond acceptors (Lipinski definition) is 3. The summed E-state index contributed by atoms with van der Waals surface area (Å²) in [5.41, 5.74) is 0.759. The van der Waals surface area contributed by atoms with Crippen molar-refractivity contribution in [1.29, 1.82) is 10.5 Å².